The largest absolute Gasteiger partial charge is 0.462 e. The fourth-order valence-electron chi connectivity index (χ4n) is 1.59. The van der Waals surface area contributed by atoms with Gasteiger partial charge in [-0.1, -0.05) is 29.3 Å². The highest BCUT2D eigenvalue weighted by atomic mass is 127. The standard InChI is InChI=1S/C13H8Cl2INO2S/c1-2-19-13(18)12-11(10(6-17)16-20-12)8-4-3-7(14)5-9(8)15/h3-5H,2H2,1H3. The summed E-state index contributed by atoms with van der Waals surface area (Å²) in [6.07, 6.45) is 0. The van der Waals surface area contributed by atoms with E-state index in [0.29, 0.717) is 36.2 Å². The third kappa shape index (κ3) is 3.19. The summed E-state index contributed by atoms with van der Waals surface area (Å²) in [4.78, 5) is 12.5. The second-order valence-electron chi connectivity index (χ2n) is 3.63. The molecule has 0 spiro atoms. The molecule has 0 aliphatic carbocycles. The first kappa shape index (κ1) is 15.8. The smallest absolute Gasteiger partial charge is 0.346 e. The summed E-state index contributed by atoms with van der Waals surface area (Å²) in [5.74, 6) is -0.400. The minimum Gasteiger partial charge on any atom is -0.462 e. The van der Waals surface area contributed by atoms with Crippen molar-refractivity contribution in [2.75, 3.05) is 6.61 Å². The lowest BCUT2D eigenvalue weighted by molar-refractivity contribution is -0.137. The highest BCUT2D eigenvalue weighted by Crippen LogP contribution is 2.47. The van der Waals surface area contributed by atoms with Gasteiger partial charge in [0.15, 0.2) is 0 Å². The van der Waals surface area contributed by atoms with E-state index >= 15 is 0 Å². The summed E-state index contributed by atoms with van der Waals surface area (Å²) < 4.78 is 5.67. The molecule has 104 valence electrons. The van der Waals surface area contributed by atoms with Crippen LogP contribution >= 0.6 is 51.5 Å². The predicted molar refractivity (Wildman–Crippen MR) is 92.2 cm³/mol. The van der Waals surface area contributed by atoms with E-state index in [0.717, 1.165) is 0 Å². The molecule has 3 nitrogen and oxygen atoms in total. The van der Waals surface area contributed by atoms with Gasteiger partial charge in [-0.05, 0) is 47.3 Å². The van der Waals surface area contributed by atoms with Crippen molar-refractivity contribution < 1.29 is 9.53 Å². The normalized spacial score (nSPS) is 14.4. The molecular formula is C13H8Cl2INO2S. The molecule has 1 aromatic rings. The maximum Gasteiger partial charge on any atom is 0.346 e. The molecule has 0 saturated heterocycles. The van der Waals surface area contributed by atoms with Gasteiger partial charge in [0.1, 0.15) is 14.5 Å². The zero-order valence-electron chi connectivity index (χ0n) is 10.2. The van der Waals surface area contributed by atoms with Crippen molar-refractivity contribution >= 4 is 66.5 Å². The Morgan fingerprint density at radius 2 is 2.25 bits per heavy atom. The Labute approximate surface area is 139 Å². The van der Waals surface area contributed by atoms with Gasteiger partial charge in [-0.3, -0.25) is 0 Å². The molecule has 1 aromatic carbocycles. The first-order valence-electron chi connectivity index (χ1n) is 5.54. The first-order valence-corrected chi connectivity index (χ1v) is 10.7. The molecule has 20 heavy (non-hydrogen) atoms. The van der Waals surface area contributed by atoms with Crippen LogP contribution in [0.4, 0.5) is 0 Å². The Morgan fingerprint density at radius 3 is 2.85 bits per heavy atom. The van der Waals surface area contributed by atoms with Crippen LogP contribution in [0, 0.1) is 11.3 Å². The minimum atomic E-state index is -0.590. The lowest BCUT2D eigenvalue weighted by atomic mass is 10.0. The van der Waals surface area contributed by atoms with E-state index in [1.807, 2.05) is 0 Å². The molecule has 0 saturated carbocycles. The van der Waals surface area contributed by atoms with E-state index in [-0.39, 0.29) is 0 Å². The van der Waals surface area contributed by atoms with Crippen LogP contribution in [0.2, 0.25) is 10.0 Å². The summed E-state index contributed by atoms with van der Waals surface area (Å²) >= 11 is 11.5. The molecule has 7 heteroatoms. The molecule has 0 N–H and O–H groups in total. The molecule has 1 aliphatic heterocycles. The number of esters is 1. The van der Waals surface area contributed by atoms with Crippen molar-refractivity contribution in [2.45, 2.75) is 6.92 Å². The summed E-state index contributed by atoms with van der Waals surface area (Å²) in [6, 6.07) is 7.19. The summed E-state index contributed by atoms with van der Waals surface area (Å²) in [7, 11) is 1.40. The Hall–Kier alpha value is -0.550. The molecule has 2 rings (SSSR count). The average Bonchev–Trinajstić information content (AvgIpc) is 2.82. The van der Waals surface area contributed by atoms with Gasteiger partial charge >= 0.3 is 5.97 Å². The Morgan fingerprint density at radius 1 is 1.50 bits per heavy atom. The second kappa shape index (κ2) is 6.94. The van der Waals surface area contributed by atoms with E-state index in [2.05, 4.69) is 6.07 Å². The van der Waals surface area contributed by atoms with Gasteiger partial charge in [-0.25, -0.2) is 4.79 Å². The van der Waals surface area contributed by atoms with Crippen LogP contribution in [-0.2, 0) is 9.53 Å². The number of carbonyl (C=O) groups excluding carboxylic acids is 1. The lowest BCUT2D eigenvalue weighted by Gasteiger charge is -2.09. The maximum atomic E-state index is 12.0. The first-order chi connectivity index (χ1) is 9.58. The number of nitriles is 1. The zero-order chi connectivity index (χ0) is 14.7. The van der Waals surface area contributed by atoms with E-state index < -0.39 is 25.3 Å². The van der Waals surface area contributed by atoms with Gasteiger partial charge in [-0.15, -0.1) is 0 Å². The maximum absolute atomic E-state index is 12.0. The molecule has 0 atom stereocenters. The van der Waals surface area contributed by atoms with Gasteiger partial charge in [0.2, 0.25) is 0 Å². The summed E-state index contributed by atoms with van der Waals surface area (Å²) in [5, 5.41) is 10.2. The number of halogens is 3. The Bertz CT molecular complexity index is 679. The third-order valence-electron chi connectivity index (χ3n) is 2.40. The fraction of sp³-hybridized carbons (Fsp3) is 0.154. The van der Waals surface area contributed by atoms with Crippen LogP contribution in [0.1, 0.15) is 12.5 Å². The van der Waals surface area contributed by atoms with Crippen molar-refractivity contribution in [1.82, 2.24) is 0 Å². The van der Waals surface area contributed by atoms with Gasteiger partial charge in [0, 0.05) is 21.2 Å². The van der Waals surface area contributed by atoms with Crippen LogP contribution in [0.25, 0.3) is 5.57 Å². The van der Waals surface area contributed by atoms with E-state index in [1.54, 1.807) is 25.1 Å². The van der Waals surface area contributed by atoms with Gasteiger partial charge < -0.3 is 4.74 Å². The number of hydrogen-bond donors (Lipinski definition) is 0. The molecule has 1 heterocycles. The molecule has 0 amide bonds. The number of benzene rings is 1. The number of carbonyl (C=O) groups is 1. The van der Waals surface area contributed by atoms with Crippen LogP contribution in [-0.4, -0.2) is 16.1 Å². The van der Waals surface area contributed by atoms with Gasteiger partial charge in [-0.2, -0.15) is 5.26 Å². The van der Waals surface area contributed by atoms with Crippen molar-refractivity contribution in [3.05, 3.63) is 38.7 Å². The molecule has 0 radical (unpaired) electrons. The van der Waals surface area contributed by atoms with Crippen molar-refractivity contribution in [3.63, 3.8) is 0 Å². The molecule has 0 unspecified atom stereocenters. The highest BCUT2D eigenvalue weighted by Gasteiger charge is 2.28. The third-order valence-corrected chi connectivity index (χ3v) is 7.79. The van der Waals surface area contributed by atoms with Crippen LogP contribution < -0.4 is 0 Å². The minimum absolute atomic E-state index is 0.296. The molecule has 0 fully saturated rings. The molecule has 0 aromatic heterocycles. The Balaban J connectivity index is 2.57. The molecule has 1 aliphatic rings. The van der Waals surface area contributed by atoms with Gasteiger partial charge in [0.25, 0.3) is 0 Å². The monoisotopic (exact) mass is 439 g/mol. The zero-order valence-corrected chi connectivity index (χ0v) is 14.7. The van der Waals surface area contributed by atoms with Crippen LogP contribution in [0.15, 0.2) is 23.1 Å². The quantitative estimate of drug-likeness (QED) is 0.510. The van der Waals surface area contributed by atoms with Crippen molar-refractivity contribution in [3.8, 4) is 6.07 Å². The lowest BCUT2D eigenvalue weighted by Crippen LogP contribution is -2.08. The van der Waals surface area contributed by atoms with Crippen molar-refractivity contribution in [2.24, 2.45) is 0 Å². The number of ether oxygens (including phenoxy) is 1. The van der Waals surface area contributed by atoms with E-state index in [9.17, 15) is 10.1 Å². The number of allylic oxidation sites excluding steroid dienone is 1. The summed E-state index contributed by atoms with van der Waals surface area (Å²) in [6.45, 7) is 2.04. The topological polar surface area (TPSA) is 50.1 Å². The number of nitrogens with zero attached hydrogens (tertiary/aromatic N) is 1. The fourth-order valence-corrected chi connectivity index (χ4v) is 6.99. The average molecular weight is 440 g/mol. The van der Waals surface area contributed by atoms with E-state index in [1.165, 1.54) is 8.93 Å². The SMILES string of the molecule is CCOC(=O)C1=C(c2ccc(Cl)cc2Cl)C(C#N)=IS1. The van der Waals surface area contributed by atoms with Crippen LogP contribution in [0.5, 0.6) is 0 Å². The number of hydrogen-bond acceptors (Lipinski definition) is 4. The molecule has 0 bridgehead atoms. The molecular weight excluding hydrogens is 432 g/mol. The Kier molecular flexibility index (Phi) is 5.49. The van der Waals surface area contributed by atoms with Crippen LogP contribution in [0.3, 0.4) is 0 Å². The van der Waals surface area contributed by atoms with E-state index in [4.69, 9.17) is 27.9 Å². The second-order valence-corrected chi connectivity index (χ2v) is 8.91. The summed E-state index contributed by atoms with van der Waals surface area (Å²) in [5.41, 5.74) is 1.26. The van der Waals surface area contributed by atoms with Gasteiger partial charge in [0.05, 0.1) is 6.61 Å². The van der Waals surface area contributed by atoms with Crippen molar-refractivity contribution in [1.29, 1.82) is 5.26 Å². The number of rotatable bonds is 3. The predicted octanol–water partition coefficient (Wildman–Crippen LogP) is 4.60. The highest BCUT2D eigenvalue weighted by molar-refractivity contribution is 14.2.